The van der Waals surface area contributed by atoms with Crippen molar-refractivity contribution < 1.29 is 63.3 Å². The number of rotatable bonds is 28. The van der Waals surface area contributed by atoms with Gasteiger partial charge in [0.15, 0.2) is 0 Å². The Morgan fingerprint density at radius 1 is 0.551 bits per heavy atom. The number of carbonyl (C=O) groups excluding carboxylic acids is 8. The molecule has 14 N–H and O–H groups in total. The number of phenolic OH excluding ortho intramolecular Hbond substituents is 1. The van der Waals surface area contributed by atoms with Crippen LogP contribution in [0.2, 0.25) is 0 Å². The van der Waals surface area contributed by atoms with Gasteiger partial charge in [0.25, 0.3) is 0 Å². The van der Waals surface area contributed by atoms with Crippen LogP contribution in [0, 0.1) is 17.8 Å². The molecular formula is C45H69N11O13. The van der Waals surface area contributed by atoms with Gasteiger partial charge >= 0.3 is 11.9 Å². The summed E-state index contributed by atoms with van der Waals surface area (Å²) >= 11 is 0. The molecule has 0 spiro atoms. The number of nitrogens with zero attached hydrogens (tertiary/aromatic N) is 1. The van der Waals surface area contributed by atoms with E-state index in [0.717, 1.165) is 0 Å². The summed E-state index contributed by atoms with van der Waals surface area (Å²) in [5.41, 5.74) is 7.11. The van der Waals surface area contributed by atoms with Crippen molar-refractivity contribution in [3.05, 3.63) is 48.0 Å². The van der Waals surface area contributed by atoms with E-state index in [4.69, 9.17) is 5.73 Å². The number of imidazole rings is 1. The fourth-order valence-corrected chi connectivity index (χ4v) is 6.67. The zero-order valence-corrected chi connectivity index (χ0v) is 40.4. The van der Waals surface area contributed by atoms with E-state index < -0.39 is 126 Å². The van der Waals surface area contributed by atoms with Gasteiger partial charge in [0.05, 0.1) is 18.8 Å². The van der Waals surface area contributed by atoms with E-state index in [1.807, 2.05) is 0 Å². The molecule has 9 atom stereocenters. The largest absolute Gasteiger partial charge is 0.508 e. The minimum absolute atomic E-state index is 0.0303. The maximum atomic E-state index is 13.9. The molecule has 0 aliphatic rings. The number of amides is 8. The highest BCUT2D eigenvalue weighted by Crippen LogP contribution is 2.13. The van der Waals surface area contributed by atoms with Crippen LogP contribution < -0.4 is 48.3 Å². The normalized spacial score (nSPS) is 15.1. The minimum Gasteiger partial charge on any atom is -0.508 e. The molecule has 0 saturated heterocycles. The molecule has 0 saturated carbocycles. The summed E-state index contributed by atoms with van der Waals surface area (Å²) in [5.74, 6) is -10.3. The molecule has 0 radical (unpaired) electrons. The Hall–Kier alpha value is -7.11. The van der Waals surface area contributed by atoms with Crippen LogP contribution in [0.15, 0.2) is 36.8 Å². The number of aromatic nitrogens is 2. The lowest BCUT2D eigenvalue weighted by atomic mass is 10.0. The third-order valence-electron chi connectivity index (χ3n) is 10.5. The first-order valence-corrected chi connectivity index (χ1v) is 22.6. The predicted octanol–water partition coefficient (Wildman–Crippen LogP) is -1.53. The molecule has 0 bridgehead atoms. The summed E-state index contributed by atoms with van der Waals surface area (Å²) in [7, 11) is 0. The topological polar surface area (TPSA) is 382 Å². The molecule has 24 heteroatoms. The summed E-state index contributed by atoms with van der Waals surface area (Å²) < 4.78 is 0. The number of hydrogen-bond acceptors (Lipinski definition) is 13. The van der Waals surface area contributed by atoms with Crippen molar-refractivity contribution in [3.8, 4) is 5.75 Å². The number of hydrogen-bond donors (Lipinski definition) is 13. The summed E-state index contributed by atoms with van der Waals surface area (Å²) in [6, 6.07) is -5.80. The molecule has 2 rings (SSSR count). The van der Waals surface area contributed by atoms with Crippen molar-refractivity contribution in [1.29, 1.82) is 0 Å². The Kier molecular flexibility index (Phi) is 23.2. The number of nitrogens with two attached hydrogens (primary N) is 1. The highest BCUT2D eigenvalue weighted by atomic mass is 16.4. The highest BCUT2D eigenvalue weighted by molar-refractivity contribution is 5.98. The van der Waals surface area contributed by atoms with Gasteiger partial charge in [0, 0.05) is 18.3 Å². The van der Waals surface area contributed by atoms with E-state index in [1.54, 1.807) is 53.7 Å². The Bertz CT molecular complexity index is 2100. The van der Waals surface area contributed by atoms with Crippen molar-refractivity contribution >= 4 is 59.2 Å². The smallest absolute Gasteiger partial charge is 0.326 e. The Morgan fingerprint density at radius 2 is 1.00 bits per heavy atom. The quantitative estimate of drug-likeness (QED) is 0.0460. The van der Waals surface area contributed by atoms with E-state index in [0.29, 0.717) is 11.3 Å². The average Bonchev–Trinajstić information content (AvgIpc) is 3.77. The van der Waals surface area contributed by atoms with E-state index in [-0.39, 0.29) is 43.3 Å². The van der Waals surface area contributed by atoms with Crippen LogP contribution in [-0.4, -0.2) is 139 Å². The lowest BCUT2D eigenvalue weighted by Crippen LogP contribution is -2.61. The van der Waals surface area contributed by atoms with Crippen molar-refractivity contribution in [1.82, 2.24) is 52.5 Å². The Morgan fingerprint density at radius 3 is 1.49 bits per heavy atom. The fraction of sp³-hybridized carbons (Fsp3) is 0.578. The number of aromatic hydroxyl groups is 1. The van der Waals surface area contributed by atoms with Crippen molar-refractivity contribution in [3.63, 3.8) is 0 Å². The number of benzene rings is 1. The van der Waals surface area contributed by atoms with Crippen LogP contribution in [0.25, 0.3) is 0 Å². The number of nitrogens with one attached hydrogen (secondary N) is 9. The van der Waals surface area contributed by atoms with Crippen LogP contribution >= 0.6 is 0 Å². The zero-order valence-electron chi connectivity index (χ0n) is 40.4. The number of aromatic amines is 1. The molecule has 1 heterocycles. The van der Waals surface area contributed by atoms with E-state index >= 15 is 0 Å². The third-order valence-corrected chi connectivity index (χ3v) is 10.5. The molecule has 2 aromatic rings. The standard InChI is InChI=1S/C45H69N11O13/c1-21(2)14-31(53-40(63)30(46)16-27-10-12-29(57)13-11-27)41(64)50-26(9)38(61)52-33(18-35(58)59)42(65)54-32(17-28-19-47-20-48-28)43(66)56-36(23(5)6)44(67)51-24(7)37(60)49-25(8)39(62)55-34(45(68)69)15-22(3)4/h10-13,19-26,30-34,36,57H,14-18,46H2,1-9H3,(H,47,48)(H,49,60)(H,50,64)(H,51,67)(H,52,61)(H,53,63)(H,54,65)(H,55,62)(H,56,66)(H,58,59)(H,68,69)/t24-,25-,26-,30-,31-,32-,33-,34-,36-/m0/s1. The first-order valence-electron chi connectivity index (χ1n) is 22.6. The van der Waals surface area contributed by atoms with Gasteiger partial charge in [-0.3, -0.25) is 43.2 Å². The molecule has 0 unspecified atom stereocenters. The summed E-state index contributed by atoms with van der Waals surface area (Å²) in [4.78, 5) is 137. The first-order chi connectivity index (χ1) is 32.2. The Balaban J connectivity index is 2.19. The molecular weight excluding hydrogens is 903 g/mol. The van der Waals surface area contributed by atoms with Crippen LogP contribution in [-0.2, 0) is 60.8 Å². The molecule has 382 valence electrons. The van der Waals surface area contributed by atoms with E-state index in [1.165, 1.54) is 45.4 Å². The molecule has 8 amide bonds. The van der Waals surface area contributed by atoms with Crippen molar-refractivity contribution in [2.24, 2.45) is 23.5 Å². The number of carboxylic acids is 2. The number of carbonyl (C=O) groups is 10. The van der Waals surface area contributed by atoms with E-state index in [9.17, 15) is 63.3 Å². The summed E-state index contributed by atoms with van der Waals surface area (Å²) in [6.45, 7) is 14.3. The highest BCUT2D eigenvalue weighted by Gasteiger charge is 2.35. The van der Waals surface area contributed by atoms with Gasteiger partial charge in [-0.25, -0.2) is 9.78 Å². The predicted molar refractivity (Wildman–Crippen MR) is 248 cm³/mol. The first kappa shape index (κ1) is 58.0. The maximum Gasteiger partial charge on any atom is 0.326 e. The van der Waals surface area contributed by atoms with Gasteiger partial charge < -0.3 is 68.6 Å². The second kappa shape index (κ2) is 27.6. The lowest BCUT2D eigenvalue weighted by Gasteiger charge is -2.28. The van der Waals surface area contributed by atoms with Crippen LogP contribution in [0.1, 0.15) is 92.8 Å². The molecule has 69 heavy (non-hydrogen) atoms. The van der Waals surface area contributed by atoms with Gasteiger partial charge in [0.1, 0.15) is 54.1 Å². The number of carboxylic acid groups (broad SMARTS) is 2. The molecule has 0 aliphatic carbocycles. The van der Waals surface area contributed by atoms with Crippen molar-refractivity contribution in [2.75, 3.05) is 0 Å². The number of aliphatic carboxylic acids is 2. The molecule has 24 nitrogen and oxygen atoms in total. The monoisotopic (exact) mass is 972 g/mol. The average molecular weight is 972 g/mol. The molecule has 1 aromatic carbocycles. The molecule has 0 fully saturated rings. The summed E-state index contributed by atoms with van der Waals surface area (Å²) in [5, 5.41) is 48.4. The minimum atomic E-state index is -1.80. The second-order valence-corrected chi connectivity index (χ2v) is 18.1. The third kappa shape index (κ3) is 20.3. The van der Waals surface area contributed by atoms with Gasteiger partial charge in [-0.2, -0.15) is 0 Å². The second-order valence-electron chi connectivity index (χ2n) is 18.1. The SMILES string of the molecule is CC(C)C[C@H](NC(=O)[C@H](C)NC(=O)[C@H](C)NC(=O)[C@@H](NC(=O)[C@H](Cc1cnc[nH]1)NC(=O)[C@H](CC(=O)O)NC(=O)[C@H](C)NC(=O)[C@H](CC(C)C)NC(=O)[C@@H](N)Cc1ccc(O)cc1)C(C)C)C(=O)O. The van der Waals surface area contributed by atoms with Crippen LogP contribution in [0.3, 0.4) is 0 Å². The number of phenols is 1. The van der Waals surface area contributed by atoms with Crippen molar-refractivity contribution in [2.45, 2.75) is 149 Å². The van der Waals surface area contributed by atoms with Crippen LogP contribution in [0.4, 0.5) is 0 Å². The zero-order chi connectivity index (χ0) is 52.3. The Labute approximate surface area is 400 Å². The van der Waals surface area contributed by atoms with Gasteiger partial charge in [-0.1, -0.05) is 53.7 Å². The maximum absolute atomic E-state index is 13.9. The number of H-pyrrole nitrogens is 1. The molecule has 1 aromatic heterocycles. The van der Waals surface area contributed by atoms with Gasteiger partial charge in [-0.05, 0) is 75.5 Å². The van der Waals surface area contributed by atoms with Crippen LogP contribution in [0.5, 0.6) is 5.75 Å². The molecule has 0 aliphatic heterocycles. The summed E-state index contributed by atoms with van der Waals surface area (Å²) in [6.07, 6.45) is 1.82. The van der Waals surface area contributed by atoms with Gasteiger partial charge in [-0.15, -0.1) is 0 Å². The lowest BCUT2D eigenvalue weighted by molar-refractivity contribution is -0.142. The van der Waals surface area contributed by atoms with E-state index in [2.05, 4.69) is 52.5 Å². The van der Waals surface area contributed by atoms with Gasteiger partial charge in [0.2, 0.25) is 47.3 Å². The fourth-order valence-electron chi connectivity index (χ4n) is 6.67.